The maximum absolute atomic E-state index is 11.6. The Morgan fingerprint density at radius 1 is 1.19 bits per heavy atom. The Kier molecular flexibility index (Phi) is 3.38. The molecule has 0 bridgehead atoms. The molecule has 16 heavy (non-hydrogen) atoms. The van der Waals surface area contributed by atoms with Crippen molar-refractivity contribution in [1.29, 1.82) is 0 Å². The quantitative estimate of drug-likeness (QED) is 0.805. The van der Waals surface area contributed by atoms with E-state index in [1.165, 1.54) is 19.4 Å². The number of benzene rings is 1. The molecule has 1 aromatic carbocycles. The van der Waals surface area contributed by atoms with E-state index in [2.05, 4.69) is 5.32 Å². The Bertz CT molecular complexity index is 417. The van der Waals surface area contributed by atoms with Gasteiger partial charge in [-0.05, 0) is 57.4 Å². The van der Waals surface area contributed by atoms with Gasteiger partial charge in [-0.2, -0.15) is 0 Å². The van der Waals surface area contributed by atoms with Gasteiger partial charge in [-0.3, -0.25) is 4.79 Å². The normalized spacial score (nSPS) is 11.4. The highest BCUT2D eigenvalue weighted by atomic mass is 16.3. The van der Waals surface area contributed by atoms with Crippen molar-refractivity contribution in [2.45, 2.75) is 40.2 Å². The first-order chi connectivity index (χ1) is 7.23. The molecule has 0 fully saturated rings. The minimum atomic E-state index is -1.36. The number of carbonyl (C=O) groups is 1. The summed E-state index contributed by atoms with van der Waals surface area (Å²) in [5.41, 5.74) is 2.80. The van der Waals surface area contributed by atoms with Gasteiger partial charge >= 0.3 is 0 Å². The molecule has 0 radical (unpaired) electrons. The van der Waals surface area contributed by atoms with Crippen LogP contribution in [0.1, 0.15) is 30.5 Å². The van der Waals surface area contributed by atoms with Crippen LogP contribution < -0.4 is 5.32 Å². The zero-order valence-electron chi connectivity index (χ0n) is 10.5. The molecule has 2 N–H and O–H groups in total. The molecular formula is C13H19NO2. The van der Waals surface area contributed by atoms with Crippen molar-refractivity contribution in [3.8, 4) is 0 Å². The number of aliphatic hydroxyl groups is 1. The van der Waals surface area contributed by atoms with Crippen LogP contribution in [0.2, 0.25) is 0 Å². The molecule has 0 aromatic heterocycles. The molecular weight excluding hydrogens is 202 g/mol. The Hall–Kier alpha value is -1.35. The summed E-state index contributed by atoms with van der Waals surface area (Å²) >= 11 is 0. The van der Waals surface area contributed by atoms with Crippen molar-refractivity contribution in [2.75, 3.05) is 5.32 Å². The molecule has 0 saturated heterocycles. The summed E-state index contributed by atoms with van der Waals surface area (Å²) < 4.78 is 0. The van der Waals surface area contributed by atoms with E-state index in [1.807, 2.05) is 32.9 Å². The average molecular weight is 221 g/mol. The lowest BCUT2D eigenvalue weighted by molar-refractivity contribution is -0.130. The minimum Gasteiger partial charge on any atom is -0.381 e. The SMILES string of the molecule is Cc1ccc(NC(=O)C(C)(C)O)c(C)c1C. The summed E-state index contributed by atoms with van der Waals surface area (Å²) in [6, 6.07) is 3.82. The zero-order chi connectivity index (χ0) is 12.5. The first kappa shape index (κ1) is 12.7. The molecule has 1 aromatic rings. The number of rotatable bonds is 2. The number of hydrogen-bond acceptors (Lipinski definition) is 2. The van der Waals surface area contributed by atoms with Crippen LogP contribution in [0, 0.1) is 20.8 Å². The number of aryl methyl sites for hydroxylation is 1. The van der Waals surface area contributed by atoms with Gasteiger partial charge in [0.15, 0.2) is 0 Å². The summed E-state index contributed by atoms with van der Waals surface area (Å²) in [5, 5.41) is 12.3. The van der Waals surface area contributed by atoms with Crippen LogP contribution in [-0.4, -0.2) is 16.6 Å². The first-order valence-electron chi connectivity index (χ1n) is 5.34. The van der Waals surface area contributed by atoms with Crippen LogP contribution in [0.15, 0.2) is 12.1 Å². The molecule has 0 saturated carbocycles. The van der Waals surface area contributed by atoms with E-state index < -0.39 is 5.60 Å². The van der Waals surface area contributed by atoms with E-state index in [9.17, 15) is 9.90 Å². The predicted octanol–water partition coefficient (Wildman–Crippen LogP) is 2.32. The third-order valence-corrected chi connectivity index (χ3v) is 2.86. The minimum absolute atomic E-state index is 0.390. The molecule has 0 atom stereocenters. The van der Waals surface area contributed by atoms with E-state index >= 15 is 0 Å². The predicted molar refractivity (Wildman–Crippen MR) is 65.6 cm³/mol. The van der Waals surface area contributed by atoms with E-state index in [0.29, 0.717) is 0 Å². The molecule has 1 amide bonds. The van der Waals surface area contributed by atoms with Crippen LogP contribution in [0.5, 0.6) is 0 Å². The highest BCUT2D eigenvalue weighted by Gasteiger charge is 2.24. The maximum atomic E-state index is 11.6. The van der Waals surface area contributed by atoms with Crippen molar-refractivity contribution in [2.24, 2.45) is 0 Å². The maximum Gasteiger partial charge on any atom is 0.255 e. The lowest BCUT2D eigenvalue weighted by Gasteiger charge is -2.19. The monoisotopic (exact) mass is 221 g/mol. The van der Waals surface area contributed by atoms with Crippen LogP contribution >= 0.6 is 0 Å². The second kappa shape index (κ2) is 4.26. The van der Waals surface area contributed by atoms with E-state index in [0.717, 1.165) is 16.8 Å². The Balaban J connectivity index is 3.00. The lowest BCUT2D eigenvalue weighted by Crippen LogP contribution is -2.36. The van der Waals surface area contributed by atoms with Crippen LogP contribution in [0.25, 0.3) is 0 Å². The standard InChI is InChI=1S/C13H19NO2/c1-8-6-7-11(10(3)9(8)2)14-12(15)13(4,5)16/h6-7,16H,1-5H3,(H,14,15). The van der Waals surface area contributed by atoms with Crippen molar-refractivity contribution < 1.29 is 9.90 Å². The highest BCUT2D eigenvalue weighted by molar-refractivity contribution is 5.97. The van der Waals surface area contributed by atoms with Gasteiger partial charge in [0.05, 0.1) is 0 Å². The number of anilines is 1. The van der Waals surface area contributed by atoms with Crippen LogP contribution in [0.3, 0.4) is 0 Å². The number of amides is 1. The Morgan fingerprint density at radius 3 is 2.25 bits per heavy atom. The summed E-state index contributed by atoms with van der Waals surface area (Å²) in [7, 11) is 0. The van der Waals surface area contributed by atoms with Crippen molar-refractivity contribution >= 4 is 11.6 Å². The third kappa shape index (κ3) is 2.61. The highest BCUT2D eigenvalue weighted by Crippen LogP contribution is 2.22. The summed E-state index contributed by atoms with van der Waals surface area (Å²) in [5.74, 6) is -0.390. The molecule has 1 rings (SSSR count). The van der Waals surface area contributed by atoms with Gasteiger partial charge in [0.25, 0.3) is 5.91 Å². The van der Waals surface area contributed by atoms with Gasteiger partial charge < -0.3 is 10.4 Å². The van der Waals surface area contributed by atoms with E-state index in [1.54, 1.807) is 0 Å². The summed E-state index contributed by atoms with van der Waals surface area (Å²) in [6.45, 7) is 8.95. The molecule has 0 unspecified atom stereocenters. The fourth-order valence-electron chi connectivity index (χ4n) is 1.37. The molecule has 3 heteroatoms. The van der Waals surface area contributed by atoms with E-state index in [-0.39, 0.29) is 5.91 Å². The summed E-state index contributed by atoms with van der Waals surface area (Å²) in [6.07, 6.45) is 0. The molecule has 0 aliphatic carbocycles. The molecule has 0 aliphatic heterocycles. The number of nitrogens with one attached hydrogen (secondary N) is 1. The number of carbonyl (C=O) groups excluding carboxylic acids is 1. The van der Waals surface area contributed by atoms with Crippen LogP contribution in [0.4, 0.5) is 5.69 Å². The molecule has 3 nitrogen and oxygen atoms in total. The largest absolute Gasteiger partial charge is 0.381 e. The van der Waals surface area contributed by atoms with E-state index in [4.69, 9.17) is 0 Å². The van der Waals surface area contributed by atoms with Gasteiger partial charge in [0, 0.05) is 5.69 Å². The van der Waals surface area contributed by atoms with Crippen molar-refractivity contribution in [3.05, 3.63) is 28.8 Å². The first-order valence-corrected chi connectivity index (χ1v) is 5.34. The molecule has 0 aliphatic rings. The smallest absolute Gasteiger partial charge is 0.255 e. The van der Waals surface area contributed by atoms with Gasteiger partial charge in [-0.25, -0.2) is 0 Å². The van der Waals surface area contributed by atoms with Gasteiger partial charge in [0.1, 0.15) is 5.60 Å². The summed E-state index contributed by atoms with van der Waals surface area (Å²) in [4.78, 5) is 11.6. The topological polar surface area (TPSA) is 49.3 Å². The lowest BCUT2D eigenvalue weighted by atomic mass is 10.0. The molecule has 0 spiro atoms. The zero-order valence-corrected chi connectivity index (χ0v) is 10.5. The van der Waals surface area contributed by atoms with Gasteiger partial charge in [0.2, 0.25) is 0 Å². The fraction of sp³-hybridized carbons (Fsp3) is 0.462. The Labute approximate surface area is 96.5 Å². The second-order valence-electron chi connectivity index (χ2n) is 4.69. The average Bonchev–Trinajstić information content (AvgIpc) is 2.17. The van der Waals surface area contributed by atoms with Gasteiger partial charge in [-0.1, -0.05) is 6.07 Å². The van der Waals surface area contributed by atoms with Crippen molar-refractivity contribution in [3.63, 3.8) is 0 Å². The second-order valence-corrected chi connectivity index (χ2v) is 4.69. The third-order valence-electron chi connectivity index (χ3n) is 2.86. The number of hydrogen-bond donors (Lipinski definition) is 2. The molecule has 0 heterocycles. The Morgan fingerprint density at radius 2 is 1.75 bits per heavy atom. The molecule has 88 valence electrons. The van der Waals surface area contributed by atoms with Gasteiger partial charge in [-0.15, -0.1) is 0 Å². The van der Waals surface area contributed by atoms with Crippen LogP contribution in [-0.2, 0) is 4.79 Å². The van der Waals surface area contributed by atoms with Crippen molar-refractivity contribution in [1.82, 2.24) is 0 Å². The fourth-order valence-corrected chi connectivity index (χ4v) is 1.37.